The van der Waals surface area contributed by atoms with Gasteiger partial charge in [-0.05, 0) is 52.0 Å². The predicted octanol–water partition coefficient (Wildman–Crippen LogP) is 2.17. The molecule has 4 nitrogen and oxygen atoms in total. The van der Waals surface area contributed by atoms with Crippen LogP contribution in [0.15, 0.2) is 0 Å². The highest BCUT2D eigenvalue weighted by molar-refractivity contribution is 5.80. The van der Waals surface area contributed by atoms with Crippen LogP contribution >= 0.6 is 0 Å². The maximum absolute atomic E-state index is 11.8. The molecule has 0 aromatic carbocycles. The van der Waals surface area contributed by atoms with Gasteiger partial charge in [-0.3, -0.25) is 4.79 Å². The van der Waals surface area contributed by atoms with Crippen LogP contribution in [-0.4, -0.2) is 42.6 Å². The molecule has 0 aromatic rings. The Morgan fingerprint density at radius 2 is 1.95 bits per heavy atom. The summed E-state index contributed by atoms with van der Waals surface area (Å²) in [6.45, 7) is 9.16. The maximum Gasteiger partial charge on any atom is 0.327 e. The van der Waals surface area contributed by atoms with Crippen LogP contribution < -0.4 is 5.73 Å². The number of hydrogen-bond donors (Lipinski definition) is 1. The number of ether oxygens (including phenoxy) is 1. The highest BCUT2D eigenvalue weighted by Crippen LogP contribution is 2.36. The van der Waals surface area contributed by atoms with Gasteiger partial charge in [-0.15, -0.1) is 0 Å². The summed E-state index contributed by atoms with van der Waals surface area (Å²) in [5, 5.41) is 0. The Labute approximate surface area is 117 Å². The Balaban J connectivity index is 2.50. The molecule has 2 N–H and O–H groups in total. The third kappa shape index (κ3) is 4.77. The van der Waals surface area contributed by atoms with Crippen molar-refractivity contribution in [3.63, 3.8) is 0 Å². The van der Waals surface area contributed by atoms with Crippen LogP contribution in [-0.2, 0) is 9.53 Å². The van der Waals surface area contributed by atoms with E-state index in [-0.39, 0.29) is 5.97 Å². The van der Waals surface area contributed by atoms with Crippen molar-refractivity contribution in [2.45, 2.75) is 65.0 Å². The van der Waals surface area contributed by atoms with Gasteiger partial charge in [0.15, 0.2) is 0 Å². The fraction of sp³-hybridized carbons (Fsp3) is 0.933. The molecule has 1 atom stereocenters. The summed E-state index contributed by atoms with van der Waals surface area (Å²) in [5.74, 6) is -0.307. The molecule has 1 aliphatic carbocycles. The van der Waals surface area contributed by atoms with Gasteiger partial charge in [-0.1, -0.05) is 13.8 Å². The van der Waals surface area contributed by atoms with E-state index in [1.54, 1.807) is 13.8 Å². The van der Waals surface area contributed by atoms with Crippen LogP contribution in [0.25, 0.3) is 0 Å². The van der Waals surface area contributed by atoms with Crippen LogP contribution in [0, 0.1) is 5.41 Å². The molecule has 0 saturated heterocycles. The van der Waals surface area contributed by atoms with E-state index in [4.69, 9.17) is 10.5 Å². The lowest BCUT2D eigenvalue weighted by molar-refractivity contribution is -0.149. The zero-order valence-electron chi connectivity index (χ0n) is 13.2. The van der Waals surface area contributed by atoms with E-state index in [9.17, 15) is 4.79 Å². The van der Waals surface area contributed by atoms with Crippen molar-refractivity contribution >= 4 is 5.97 Å². The minimum absolute atomic E-state index is 0.307. The molecule has 0 heterocycles. The molecule has 0 spiro atoms. The lowest BCUT2D eigenvalue weighted by atomic mass is 9.75. The molecule has 0 radical (unpaired) electrons. The van der Waals surface area contributed by atoms with Gasteiger partial charge in [0.1, 0.15) is 5.54 Å². The third-order valence-electron chi connectivity index (χ3n) is 4.25. The van der Waals surface area contributed by atoms with Crippen LogP contribution in [0.2, 0.25) is 0 Å². The second kappa shape index (κ2) is 6.23. The molecule has 0 bridgehead atoms. The first-order valence-corrected chi connectivity index (χ1v) is 7.34. The van der Waals surface area contributed by atoms with E-state index in [0.29, 0.717) is 24.6 Å². The molecule has 0 aromatic heterocycles. The van der Waals surface area contributed by atoms with Crippen LogP contribution in [0.4, 0.5) is 0 Å². The monoisotopic (exact) mass is 270 g/mol. The second-order valence-electron chi connectivity index (χ2n) is 6.95. The lowest BCUT2D eigenvalue weighted by Gasteiger charge is -2.40. The van der Waals surface area contributed by atoms with Crippen LogP contribution in [0.5, 0.6) is 0 Å². The largest absolute Gasteiger partial charge is 0.465 e. The normalized spacial score (nSPS) is 23.1. The summed E-state index contributed by atoms with van der Waals surface area (Å²) in [5.41, 5.74) is 5.63. The van der Waals surface area contributed by atoms with Crippen molar-refractivity contribution in [2.75, 3.05) is 20.2 Å². The van der Waals surface area contributed by atoms with E-state index in [1.165, 1.54) is 25.7 Å². The summed E-state index contributed by atoms with van der Waals surface area (Å²) in [6, 6.07) is 0.533. The molecule has 1 fully saturated rings. The van der Waals surface area contributed by atoms with Crippen molar-refractivity contribution in [3.05, 3.63) is 0 Å². The Morgan fingerprint density at radius 3 is 2.42 bits per heavy atom. The number of likely N-dealkylation sites (N-methyl/N-ethyl adjacent to an activating group) is 1. The van der Waals surface area contributed by atoms with Crippen molar-refractivity contribution in [1.29, 1.82) is 0 Å². The van der Waals surface area contributed by atoms with Crippen molar-refractivity contribution in [3.8, 4) is 0 Å². The molecule has 19 heavy (non-hydrogen) atoms. The highest BCUT2D eigenvalue weighted by Gasteiger charge is 2.35. The molecule has 4 heteroatoms. The lowest BCUT2D eigenvalue weighted by Crippen LogP contribution is -2.56. The maximum atomic E-state index is 11.8. The molecule has 0 aliphatic heterocycles. The van der Waals surface area contributed by atoms with Gasteiger partial charge in [0.25, 0.3) is 0 Å². The van der Waals surface area contributed by atoms with Gasteiger partial charge in [-0.25, -0.2) is 0 Å². The predicted molar refractivity (Wildman–Crippen MR) is 77.9 cm³/mol. The Kier molecular flexibility index (Phi) is 5.39. The number of nitrogens with zero attached hydrogens (tertiary/aromatic N) is 1. The average molecular weight is 270 g/mol. The van der Waals surface area contributed by atoms with Gasteiger partial charge >= 0.3 is 5.97 Å². The van der Waals surface area contributed by atoms with Gasteiger partial charge < -0.3 is 15.4 Å². The summed E-state index contributed by atoms with van der Waals surface area (Å²) in [6.07, 6.45) is 4.84. The molecular weight excluding hydrogens is 240 g/mol. The Hall–Kier alpha value is -0.610. The van der Waals surface area contributed by atoms with Crippen molar-refractivity contribution in [1.82, 2.24) is 4.90 Å². The highest BCUT2D eigenvalue weighted by atomic mass is 16.5. The van der Waals surface area contributed by atoms with E-state index >= 15 is 0 Å². The molecule has 1 saturated carbocycles. The smallest absolute Gasteiger partial charge is 0.327 e. The van der Waals surface area contributed by atoms with E-state index in [0.717, 1.165) is 0 Å². The molecule has 0 amide bonds. The first-order chi connectivity index (χ1) is 8.68. The van der Waals surface area contributed by atoms with Crippen molar-refractivity contribution in [2.24, 2.45) is 11.1 Å². The number of nitrogens with two attached hydrogens (primary N) is 1. The zero-order valence-corrected chi connectivity index (χ0v) is 13.2. The minimum Gasteiger partial charge on any atom is -0.465 e. The van der Waals surface area contributed by atoms with E-state index in [1.807, 2.05) is 0 Å². The topological polar surface area (TPSA) is 55.6 Å². The average Bonchev–Trinajstić information content (AvgIpc) is 2.28. The van der Waals surface area contributed by atoms with Crippen LogP contribution in [0.3, 0.4) is 0 Å². The van der Waals surface area contributed by atoms with Gasteiger partial charge in [-0.2, -0.15) is 0 Å². The van der Waals surface area contributed by atoms with Gasteiger partial charge in [0.2, 0.25) is 0 Å². The number of carbonyl (C=O) groups excluding carboxylic acids is 1. The number of hydrogen-bond acceptors (Lipinski definition) is 4. The second-order valence-corrected chi connectivity index (χ2v) is 6.95. The molecule has 1 aliphatic rings. The standard InChI is InChI=1S/C15H30N2O2/c1-6-19-13(18)15(4,16)11-17(5)12-7-9-14(2,3)10-8-12/h12H,6-11,16H2,1-5H3. The fourth-order valence-corrected chi connectivity index (χ4v) is 2.83. The quantitative estimate of drug-likeness (QED) is 0.778. The Bertz CT molecular complexity index is 303. The minimum atomic E-state index is -0.919. The summed E-state index contributed by atoms with van der Waals surface area (Å²) >= 11 is 0. The summed E-state index contributed by atoms with van der Waals surface area (Å²) in [7, 11) is 2.06. The SMILES string of the molecule is CCOC(=O)C(C)(N)CN(C)C1CCC(C)(C)CC1. The van der Waals surface area contributed by atoms with Crippen LogP contribution in [0.1, 0.15) is 53.4 Å². The Morgan fingerprint density at radius 1 is 1.42 bits per heavy atom. The number of esters is 1. The number of rotatable bonds is 5. The first kappa shape index (κ1) is 16.4. The summed E-state index contributed by atoms with van der Waals surface area (Å²) in [4.78, 5) is 14.0. The zero-order chi connectivity index (χ0) is 14.7. The molecule has 1 rings (SSSR count). The summed E-state index contributed by atoms with van der Waals surface area (Å²) < 4.78 is 5.04. The molecular formula is C15H30N2O2. The molecule has 112 valence electrons. The first-order valence-electron chi connectivity index (χ1n) is 7.34. The van der Waals surface area contributed by atoms with E-state index in [2.05, 4.69) is 25.8 Å². The third-order valence-corrected chi connectivity index (χ3v) is 4.25. The van der Waals surface area contributed by atoms with E-state index < -0.39 is 5.54 Å². The van der Waals surface area contributed by atoms with Gasteiger partial charge in [0, 0.05) is 12.6 Å². The fourth-order valence-electron chi connectivity index (χ4n) is 2.83. The van der Waals surface area contributed by atoms with Crippen molar-refractivity contribution < 1.29 is 9.53 Å². The number of carbonyl (C=O) groups is 1. The van der Waals surface area contributed by atoms with Gasteiger partial charge in [0.05, 0.1) is 6.61 Å². The molecule has 1 unspecified atom stereocenters.